The summed E-state index contributed by atoms with van der Waals surface area (Å²) in [6, 6.07) is 2.70. The molecule has 0 bridgehead atoms. The van der Waals surface area contributed by atoms with Crippen molar-refractivity contribution in [1.29, 1.82) is 0 Å². The van der Waals surface area contributed by atoms with E-state index >= 15 is 0 Å². The maximum Gasteiger partial charge on any atom is 0.204 e. The van der Waals surface area contributed by atoms with E-state index in [0.717, 1.165) is 18.2 Å². The van der Waals surface area contributed by atoms with Crippen molar-refractivity contribution in [2.45, 2.75) is 30.5 Å². The van der Waals surface area contributed by atoms with Crippen molar-refractivity contribution in [1.82, 2.24) is 0 Å². The Morgan fingerprint density at radius 2 is 1.50 bits per heavy atom. The Balaban J connectivity index is 2.05. The third kappa shape index (κ3) is 2.83. The van der Waals surface area contributed by atoms with E-state index in [0.29, 0.717) is 0 Å². The highest BCUT2D eigenvalue weighted by Crippen LogP contribution is 2.44. The number of hydrogen-bond donors (Lipinski definition) is 8. The first-order valence-corrected chi connectivity index (χ1v) is 8.83. The maximum absolute atomic E-state index is 12.9. The maximum atomic E-state index is 12.9. The zero-order valence-electron chi connectivity index (χ0n) is 15.1. The summed E-state index contributed by atoms with van der Waals surface area (Å²) in [5.74, 6) is -2.51. The number of phenols is 4. The van der Waals surface area contributed by atoms with Gasteiger partial charge in [-0.25, -0.2) is 0 Å². The Labute approximate surface area is 166 Å². The standard InChI is InChI=1S/C19H18O11/c20-4-11-15(26)16(27)17(28)19(30-11)13-9(24)2-8(23)12-14(25)5-1-6(21)7(22)3-10(5)29-18(12)13/h1-3,11,15-17,19-24,26-28H,4H2/t11-,15-,16+,17-,19-/m1/s1. The van der Waals surface area contributed by atoms with Crippen LogP contribution < -0.4 is 5.43 Å². The molecule has 1 fully saturated rings. The predicted octanol–water partition coefficient (Wildman–Crippen LogP) is -0.717. The van der Waals surface area contributed by atoms with Crippen LogP contribution in [-0.4, -0.2) is 71.9 Å². The summed E-state index contributed by atoms with van der Waals surface area (Å²) in [5.41, 5.74) is -1.77. The first-order chi connectivity index (χ1) is 14.1. The van der Waals surface area contributed by atoms with E-state index < -0.39 is 76.5 Å². The molecule has 1 aliphatic heterocycles. The van der Waals surface area contributed by atoms with E-state index in [9.17, 15) is 45.6 Å². The van der Waals surface area contributed by atoms with Crippen molar-refractivity contribution in [3.8, 4) is 23.0 Å². The fourth-order valence-electron chi connectivity index (χ4n) is 3.65. The largest absolute Gasteiger partial charge is 0.507 e. The topological polar surface area (TPSA) is 201 Å². The van der Waals surface area contributed by atoms with Gasteiger partial charge in [-0.2, -0.15) is 0 Å². The van der Waals surface area contributed by atoms with Gasteiger partial charge in [0.05, 0.1) is 17.6 Å². The minimum absolute atomic E-state index is 0.182. The Hall–Kier alpha value is -3.09. The van der Waals surface area contributed by atoms with Crippen LogP contribution in [0.25, 0.3) is 21.9 Å². The molecule has 4 rings (SSSR count). The van der Waals surface area contributed by atoms with Crippen LogP contribution in [-0.2, 0) is 4.74 Å². The van der Waals surface area contributed by atoms with Crippen LogP contribution in [0.5, 0.6) is 23.0 Å². The highest BCUT2D eigenvalue weighted by Gasteiger charge is 2.46. The SMILES string of the molecule is O=c1c2cc(O)c(O)cc2oc2c([C@H]3O[C@H](CO)[C@@H](O)[C@H](O)[C@H]3O)c(O)cc(O)c12. The Morgan fingerprint density at radius 1 is 0.833 bits per heavy atom. The molecule has 1 aromatic heterocycles. The van der Waals surface area contributed by atoms with Crippen LogP contribution >= 0.6 is 0 Å². The van der Waals surface area contributed by atoms with E-state index in [-0.39, 0.29) is 16.5 Å². The summed E-state index contributed by atoms with van der Waals surface area (Å²) in [4.78, 5) is 12.9. The van der Waals surface area contributed by atoms with E-state index in [1.54, 1.807) is 0 Å². The third-order valence-corrected chi connectivity index (χ3v) is 5.21. The molecule has 2 heterocycles. The number of aliphatic hydroxyl groups is 4. The molecular weight excluding hydrogens is 404 g/mol. The second kappa shape index (κ2) is 7.00. The zero-order valence-corrected chi connectivity index (χ0v) is 15.1. The molecule has 0 aliphatic carbocycles. The quantitative estimate of drug-likeness (QED) is 0.191. The fraction of sp³-hybridized carbons (Fsp3) is 0.316. The minimum Gasteiger partial charge on any atom is -0.507 e. The fourth-order valence-corrected chi connectivity index (χ4v) is 3.65. The summed E-state index contributed by atoms with van der Waals surface area (Å²) in [7, 11) is 0. The third-order valence-electron chi connectivity index (χ3n) is 5.21. The molecule has 0 radical (unpaired) electrons. The van der Waals surface area contributed by atoms with Crippen molar-refractivity contribution in [3.05, 3.63) is 34.0 Å². The number of ether oxygens (including phenoxy) is 1. The molecule has 0 spiro atoms. The summed E-state index contributed by atoms with van der Waals surface area (Å²) in [6.07, 6.45) is -8.08. The summed E-state index contributed by atoms with van der Waals surface area (Å²) < 4.78 is 11.0. The average Bonchev–Trinajstić information content (AvgIpc) is 2.69. The Morgan fingerprint density at radius 3 is 2.17 bits per heavy atom. The Bertz CT molecular complexity index is 1200. The number of benzene rings is 2. The number of fused-ring (bicyclic) bond motifs is 2. The molecule has 160 valence electrons. The van der Waals surface area contributed by atoms with Crippen LogP contribution in [0, 0.1) is 0 Å². The van der Waals surface area contributed by atoms with E-state index in [2.05, 4.69) is 0 Å². The van der Waals surface area contributed by atoms with Crippen molar-refractivity contribution in [2.75, 3.05) is 6.61 Å². The molecule has 5 atom stereocenters. The van der Waals surface area contributed by atoms with E-state index in [1.165, 1.54) is 0 Å². The van der Waals surface area contributed by atoms with Gasteiger partial charge < -0.3 is 50.0 Å². The first kappa shape index (κ1) is 20.2. The molecule has 1 aliphatic rings. The smallest absolute Gasteiger partial charge is 0.204 e. The van der Waals surface area contributed by atoms with Gasteiger partial charge in [-0.1, -0.05) is 0 Å². The van der Waals surface area contributed by atoms with Crippen molar-refractivity contribution < 1.29 is 50.0 Å². The molecule has 2 aromatic carbocycles. The van der Waals surface area contributed by atoms with E-state index in [1.807, 2.05) is 0 Å². The molecule has 0 amide bonds. The summed E-state index contributed by atoms with van der Waals surface area (Å²) in [5, 5.41) is 79.3. The number of rotatable bonds is 2. The molecule has 0 unspecified atom stereocenters. The van der Waals surface area contributed by atoms with E-state index in [4.69, 9.17) is 9.15 Å². The molecule has 30 heavy (non-hydrogen) atoms. The van der Waals surface area contributed by atoms with Crippen LogP contribution in [0.15, 0.2) is 27.4 Å². The molecule has 11 heteroatoms. The van der Waals surface area contributed by atoms with Gasteiger partial charge in [0.2, 0.25) is 5.43 Å². The average molecular weight is 422 g/mol. The lowest BCUT2D eigenvalue weighted by Gasteiger charge is -2.40. The number of aliphatic hydroxyl groups excluding tert-OH is 4. The van der Waals surface area contributed by atoms with Gasteiger partial charge in [0.15, 0.2) is 17.1 Å². The van der Waals surface area contributed by atoms with Gasteiger partial charge in [-0.15, -0.1) is 0 Å². The van der Waals surface area contributed by atoms with Crippen molar-refractivity contribution in [3.63, 3.8) is 0 Å². The second-order valence-corrected chi connectivity index (χ2v) is 7.05. The number of phenolic OH excluding ortho intramolecular Hbond substituents is 4. The van der Waals surface area contributed by atoms with Gasteiger partial charge >= 0.3 is 0 Å². The monoisotopic (exact) mass is 422 g/mol. The summed E-state index contributed by atoms with van der Waals surface area (Å²) in [6.45, 7) is -0.724. The number of aromatic hydroxyl groups is 4. The van der Waals surface area contributed by atoms with Crippen molar-refractivity contribution >= 4 is 21.9 Å². The van der Waals surface area contributed by atoms with Gasteiger partial charge in [-0.3, -0.25) is 4.79 Å². The lowest BCUT2D eigenvalue weighted by atomic mass is 9.89. The second-order valence-electron chi connectivity index (χ2n) is 7.05. The molecule has 0 saturated carbocycles. The zero-order chi connectivity index (χ0) is 21.9. The van der Waals surface area contributed by atoms with Crippen LogP contribution in [0.2, 0.25) is 0 Å². The molecule has 8 N–H and O–H groups in total. The highest BCUT2D eigenvalue weighted by atomic mass is 16.5. The van der Waals surface area contributed by atoms with Crippen LogP contribution in [0.4, 0.5) is 0 Å². The first-order valence-electron chi connectivity index (χ1n) is 8.83. The molecule has 11 nitrogen and oxygen atoms in total. The van der Waals surface area contributed by atoms with Gasteiger partial charge in [0, 0.05) is 12.1 Å². The van der Waals surface area contributed by atoms with Crippen molar-refractivity contribution in [2.24, 2.45) is 0 Å². The molecule has 3 aromatic rings. The predicted molar refractivity (Wildman–Crippen MR) is 99.4 cm³/mol. The number of hydrogen-bond acceptors (Lipinski definition) is 11. The lowest BCUT2D eigenvalue weighted by Crippen LogP contribution is -2.55. The highest BCUT2D eigenvalue weighted by molar-refractivity contribution is 5.96. The van der Waals surface area contributed by atoms with Crippen LogP contribution in [0.1, 0.15) is 11.7 Å². The minimum atomic E-state index is -1.80. The van der Waals surface area contributed by atoms with Gasteiger partial charge in [0.25, 0.3) is 0 Å². The van der Waals surface area contributed by atoms with Crippen LogP contribution in [0.3, 0.4) is 0 Å². The normalized spacial score (nSPS) is 27.0. The molecule has 1 saturated heterocycles. The summed E-state index contributed by atoms with van der Waals surface area (Å²) >= 11 is 0. The molecular formula is C19H18O11. The lowest BCUT2D eigenvalue weighted by molar-refractivity contribution is -0.231. The Kier molecular flexibility index (Phi) is 4.71. The van der Waals surface area contributed by atoms with Gasteiger partial charge in [-0.05, 0) is 6.07 Å². The van der Waals surface area contributed by atoms with Gasteiger partial charge in [0.1, 0.15) is 53.0 Å².